The molecule has 1 aromatic heterocycles. The Morgan fingerprint density at radius 2 is 2.00 bits per heavy atom. The van der Waals surface area contributed by atoms with E-state index >= 15 is 0 Å². The van der Waals surface area contributed by atoms with Crippen molar-refractivity contribution in [3.63, 3.8) is 0 Å². The van der Waals surface area contributed by atoms with Crippen molar-refractivity contribution in [3.05, 3.63) is 66.4 Å². The van der Waals surface area contributed by atoms with Gasteiger partial charge in [0.25, 0.3) is 5.91 Å². The summed E-state index contributed by atoms with van der Waals surface area (Å²) in [7, 11) is 1.58. The molecule has 0 spiro atoms. The SMILES string of the molecule is COc1ccccc1NCC(=O)N/N=C\c1cn(CCC#N)nc1-c1ccccc1. The van der Waals surface area contributed by atoms with Gasteiger partial charge in [0.05, 0.1) is 44.6 Å². The fourth-order valence-corrected chi connectivity index (χ4v) is 2.81. The second-order valence-corrected chi connectivity index (χ2v) is 6.32. The van der Waals surface area contributed by atoms with E-state index in [1.165, 1.54) is 0 Å². The molecule has 2 aromatic carbocycles. The fraction of sp³-hybridized carbons (Fsp3) is 0.182. The van der Waals surface area contributed by atoms with Crippen LogP contribution in [-0.2, 0) is 11.3 Å². The number of nitrogens with zero attached hydrogens (tertiary/aromatic N) is 4. The molecule has 0 bridgehead atoms. The lowest BCUT2D eigenvalue weighted by Crippen LogP contribution is -2.26. The van der Waals surface area contributed by atoms with Gasteiger partial charge in [-0.05, 0) is 12.1 Å². The molecule has 2 N–H and O–H groups in total. The van der Waals surface area contributed by atoms with Crippen LogP contribution in [0, 0.1) is 11.3 Å². The van der Waals surface area contributed by atoms with Gasteiger partial charge < -0.3 is 10.1 Å². The van der Waals surface area contributed by atoms with Crippen molar-refractivity contribution in [3.8, 4) is 23.1 Å². The van der Waals surface area contributed by atoms with Gasteiger partial charge in [-0.15, -0.1) is 0 Å². The Balaban J connectivity index is 1.65. The third-order valence-corrected chi connectivity index (χ3v) is 4.23. The molecule has 3 aromatic rings. The molecule has 8 nitrogen and oxygen atoms in total. The quantitative estimate of drug-likeness (QED) is 0.423. The van der Waals surface area contributed by atoms with Crippen molar-refractivity contribution < 1.29 is 9.53 Å². The molecule has 0 aliphatic rings. The first-order chi connectivity index (χ1) is 14.7. The van der Waals surface area contributed by atoms with Gasteiger partial charge in [-0.3, -0.25) is 9.48 Å². The molecule has 0 aliphatic heterocycles. The molecule has 3 rings (SSSR count). The Hall–Kier alpha value is -4.12. The number of carbonyl (C=O) groups is 1. The van der Waals surface area contributed by atoms with Crippen LogP contribution in [-0.4, -0.2) is 35.6 Å². The molecule has 30 heavy (non-hydrogen) atoms. The molecule has 0 aliphatic carbocycles. The molecular weight excluding hydrogens is 380 g/mol. The zero-order valence-electron chi connectivity index (χ0n) is 16.6. The van der Waals surface area contributed by atoms with Gasteiger partial charge in [-0.25, -0.2) is 5.43 Å². The molecule has 0 saturated carbocycles. The normalized spacial score (nSPS) is 10.5. The zero-order valence-corrected chi connectivity index (χ0v) is 16.6. The van der Waals surface area contributed by atoms with E-state index in [1.54, 1.807) is 18.0 Å². The molecule has 0 unspecified atom stereocenters. The summed E-state index contributed by atoms with van der Waals surface area (Å²) in [6.45, 7) is 0.532. The van der Waals surface area contributed by atoms with E-state index in [0.29, 0.717) is 18.7 Å². The Bertz CT molecular complexity index is 1050. The Labute approximate surface area is 174 Å². The van der Waals surface area contributed by atoms with E-state index in [4.69, 9.17) is 10.00 Å². The average Bonchev–Trinajstić information content (AvgIpc) is 3.20. The summed E-state index contributed by atoms with van der Waals surface area (Å²) in [4.78, 5) is 12.1. The van der Waals surface area contributed by atoms with E-state index in [9.17, 15) is 4.79 Å². The zero-order chi connectivity index (χ0) is 21.2. The van der Waals surface area contributed by atoms with Crippen LogP contribution in [0.4, 0.5) is 5.69 Å². The number of hydrogen-bond acceptors (Lipinski definition) is 6. The van der Waals surface area contributed by atoms with Crippen molar-refractivity contribution in [1.82, 2.24) is 15.2 Å². The first-order valence-corrected chi connectivity index (χ1v) is 9.40. The van der Waals surface area contributed by atoms with E-state index in [0.717, 1.165) is 22.5 Å². The van der Waals surface area contributed by atoms with Crippen LogP contribution in [0.1, 0.15) is 12.0 Å². The topological polar surface area (TPSA) is 104 Å². The van der Waals surface area contributed by atoms with Gasteiger partial charge in [0, 0.05) is 17.3 Å². The van der Waals surface area contributed by atoms with E-state index in [1.807, 2.05) is 60.8 Å². The Morgan fingerprint density at radius 3 is 2.77 bits per heavy atom. The van der Waals surface area contributed by atoms with E-state index < -0.39 is 0 Å². The van der Waals surface area contributed by atoms with Crippen LogP contribution < -0.4 is 15.5 Å². The number of hydrogen-bond donors (Lipinski definition) is 2. The van der Waals surface area contributed by atoms with Crippen molar-refractivity contribution in [1.29, 1.82) is 5.26 Å². The standard InChI is InChI=1S/C22H22N6O2/c1-30-20-11-6-5-10-19(20)24-15-21(29)26-25-14-18-16-28(13-7-12-23)27-22(18)17-8-3-2-4-9-17/h2-6,8-11,14,16,24H,7,13,15H2,1H3,(H,26,29)/b25-14-. The van der Waals surface area contributed by atoms with E-state index in [-0.39, 0.29) is 12.5 Å². The predicted octanol–water partition coefficient (Wildman–Crippen LogP) is 3.03. The third kappa shape index (κ3) is 5.45. The highest BCUT2D eigenvalue weighted by Crippen LogP contribution is 2.22. The minimum Gasteiger partial charge on any atom is -0.495 e. The van der Waals surface area contributed by atoms with Gasteiger partial charge in [-0.1, -0.05) is 42.5 Å². The van der Waals surface area contributed by atoms with E-state index in [2.05, 4.69) is 27.0 Å². The molecule has 0 fully saturated rings. The summed E-state index contributed by atoms with van der Waals surface area (Å²) in [5.74, 6) is 0.362. The third-order valence-electron chi connectivity index (χ3n) is 4.23. The number of carbonyl (C=O) groups excluding carboxylic acids is 1. The van der Waals surface area contributed by atoms with Crippen molar-refractivity contribution in [2.45, 2.75) is 13.0 Å². The highest BCUT2D eigenvalue weighted by molar-refractivity contribution is 5.90. The lowest BCUT2D eigenvalue weighted by Gasteiger charge is -2.09. The van der Waals surface area contributed by atoms with Gasteiger partial charge in [-0.2, -0.15) is 15.5 Å². The van der Waals surface area contributed by atoms with Gasteiger partial charge in [0.1, 0.15) is 11.4 Å². The largest absolute Gasteiger partial charge is 0.495 e. The highest BCUT2D eigenvalue weighted by Gasteiger charge is 2.10. The maximum atomic E-state index is 12.1. The summed E-state index contributed by atoms with van der Waals surface area (Å²) in [5, 5.41) is 20.4. The van der Waals surface area contributed by atoms with Gasteiger partial charge >= 0.3 is 0 Å². The molecule has 1 amide bonds. The molecule has 8 heteroatoms. The number of para-hydroxylation sites is 2. The fourth-order valence-electron chi connectivity index (χ4n) is 2.81. The first kappa shape index (κ1) is 20.6. The molecule has 0 saturated heterocycles. The summed E-state index contributed by atoms with van der Waals surface area (Å²) in [5.41, 5.74) is 5.65. The molecule has 0 atom stereocenters. The Kier molecular flexibility index (Phi) is 7.17. The number of aryl methyl sites for hydroxylation is 1. The number of anilines is 1. The summed E-state index contributed by atoms with van der Waals surface area (Å²) >= 11 is 0. The average molecular weight is 402 g/mol. The molecular formula is C22H22N6O2. The number of rotatable bonds is 9. The lowest BCUT2D eigenvalue weighted by atomic mass is 10.1. The molecule has 1 heterocycles. The number of amides is 1. The number of aromatic nitrogens is 2. The van der Waals surface area contributed by atoms with Crippen LogP contribution >= 0.6 is 0 Å². The van der Waals surface area contributed by atoms with Crippen molar-refractivity contribution in [2.75, 3.05) is 19.0 Å². The number of benzene rings is 2. The second-order valence-electron chi connectivity index (χ2n) is 6.32. The second kappa shape index (κ2) is 10.4. The van der Waals surface area contributed by atoms with Crippen LogP contribution in [0.25, 0.3) is 11.3 Å². The van der Waals surface area contributed by atoms with Crippen LogP contribution in [0.5, 0.6) is 5.75 Å². The summed E-state index contributed by atoms with van der Waals surface area (Å²) in [6, 6.07) is 19.1. The lowest BCUT2D eigenvalue weighted by molar-refractivity contribution is -0.119. The Morgan fingerprint density at radius 1 is 1.23 bits per heavy atom. The summed E-state index contributed by atoms with van der Waals surface area (Å²) in [6.07, 6.45) is 3.72. The van der Waals surface area contributed by atoms with Crippen molar-refractivity contribution in [2.24, 2.45) is 5.10 Å². The number of nitriles is 1. The van der Waals surface area contributed by atoms with Gasteiger partial charge in [0.2, 0.25) is 0 Å². The highest BCUT2D eigenvalue weighted by atomic mass is 16.5. The monoisotopic (exact) mass is 402 g/mol. The first-order valence-electron chi connectivity index (χ1n) is 9.40. The number of ether oxygens (including phenoxy) is 1. The number of hydrazone groups is 1. The predicted molar refractivity (Wildman–Crippen MR) is 115 cm³/mol. The van der Waals surface area contributed by atoms with Crippen LogP contribution in [0.3, 0.4) is 0 Å². The van der Waals surface area contributed by atoms with Crippen LogP contribution in [0.2, 0.25) is 0 Å². The van der Waals surface area contributed by atoms with Crippen molar-refractivity contribution >= 4 is 17.8 Å². The maximum Gasteiger partial charge on any atom is 0.259 e. The minimum atomic E-state index is -0.296. The maximum absolute atomic E-state index is 12.1. The van der Waals surface area contributed by atoms with Crippen LogP contribution in [0.15, 0.2) is 65.9 Å². The van der Waals surface area contributed by atoms with Gasteiger partial charge in [0.15, 0.2) is 0 Å². The summed E-state index contributed by atoms with van der Waals surface area (Å²) < 4.78 is 6.96. The smallest absolute Gasteiger partial charge is 0.259 e. The number of methoxy groups -OCH3 is 1. The molecule has 152 valence electrons. The number of nitrogens with one attached hydrogen (secondary N) is 2. The molecule has 0 radical (unpaired) electrons. The minimum absolute atomic E-state index is 0.0463.